The second-order valence-electron chi connectivity index (χ2n) is 15.2. The van der Waals surface area contributed by atoms with E-state index < -0.39 is 4.92 Å². The van der Waals surface area contributed by atoms with E-state index in [-0.39, 0.29) is 42.8 Å². The van der Waals surface area contributed by atoms with Gasteiger partial charge in [0.25, 0.3) is 5.69 Å². The summed E-state index contributed by atoms with van der Waals surface area (Å²) in [6.07, 6.45) is 0. The van der Waals surface area contributed by atoms with E-state index in [0.29, 0.717) is 21.9 Å². The van der Waals surface area contributed by atoms with Gasteiger partial charge in [0, 0.05) is 47.3 Å². The highest BCUT2D eigenvalue weighted by molar-refractivity contribution is 5.43. The maximum absolute atomic E-state index is 11.6. The molecule has 0 saturated carbocycles. The molecule has 10 rings (SSSR count). The predicted octanol–water partition coefficient (Wildman–Crippen LogP) is 16.6. The summed E-state index contributed by atoms with van der Waals surface area (Å²) in [6, 6.07) is 93.7. The highest BCUT2D eigenvalue weighted by Gasteiger charge is 2.01. The third kappa shape index (κ3) is 38.0. The van der Waals surface area contributed by atoms with Gasteiger partial charge in [0.2, 0.25) is 5.69 Å². The van der Waals surface area contributed by atoms with Crippen LogP contribution in [-0.2, 0) is 13.2 Å². The van der Waals surface area contributed by atoms with E-state index in [1.165, 1.54) is 17.7 Å². The molecule has 0 saturated heterocycles. The topological polar surface area (TPSA) is 320 Å². The number of hydrogen-bond acceptors (Lipinski definition) is 11. The summed E-state index contributed by atoms with van der Waals surface area (Å²) in [5.74, 6) is 0. The van der Waals surface area contributed by atoms with Crippen molar-refractivity contribution < 1.29 is 45.4 Å². The van der Waals surface area contributed by atoms with E-state index in [2.05, 4.69) is 62.2 Å². The van der Waals surface area contributed by atoms with E-state index in [0.717, 1.165) is 34.9 Å². The van der Waals surface area contributed by atoms with Crippen molar-refractivity contribution in [2.45, 2.75) is 40.8 Å². The van der Waals surface area contributed by atoms with Gasteiger partial charge in [-0.1, -0.05) is 239 Å². The lowest BCUT2D eigenvalue weighted by molar-refractivity contribution is -0.435. The zero-order valence-electron chi connectivity index (χ0n) is 53.1. The van der Waals surface area contributed by atoms with Crippen LogP contribution in [0.25, 0.3) is 0 Å². The molecular formula is C66H84N8O9+6. The SMILES string of the molecule is CC.CC.Nc1ccccc1.O.O.O.O.O=Nc1ccccc1.O=[N+]([O-])c1ccccc1.OCc1ccccc1.[H+].[H+].[H+].[H+].[H+].[H+].[O-][N+](=Nc1ccccc1)c1ccccc1.c1ccc(CNc2ccccc2)cc1.c1ccc(N=Nc2ccccc2)cc1. The molecule has 0 bridgehead atoms. The minimum absolute atomic E-state index is 0. The van der Waals surface area contributed by atoms with Crippen LogP contribution in [0.1, 0.15) is 47.4 Å². The van der Waals surface area contributed by atoms with Crippen molar-refractivity contribution in [2.24, 2.45) is 20.5 Å². The Balaban J connectivity index is -0.000000118. The number of nitro benzene ring substituents is 1. The molecule has 0 aromatic heterocycles. The molecule has 0 amide bonds. The van der Waals surface area contributed by atoms with Crippen LogP contribution in [0.15, 0.2) is 324 Å². The number of aliphatic hydroxyl groups excluding tert-OH is 1. The first kappa shape index (κ1) is 76.8. The third-order valence-corrected chi connectivity index (χ3v) is 9.50. The van der Waals surface area contributed by atoms with Crippen molar-refractivity contribution in [1.82, 2.24) is 0 Å². The number of azo groups is 2. The Morgan fingerprint density at radius 2 is 0.699 bits per heavy atom. The van der Waals surface area contributed by atoms with Gasteiger partial charge in [-0.15, -0.1) is 4.91 Å². The molecule has 0 aliphatic carbocycles. The van der Waals surface area contributed by atoms with Crippen LogP contribution in [0.2, 0.25) is 0 Å². The van der Waals surface area contributed by atoms with Crippen molar-refractivity contribution in [3.63, 3.8) is 0 Å². The van der Waals surface area contributed by atoms with Crippen LogP contribution >= 0.6 is 0 Å². The van der Waals surface area contributed by atoms with E-state index >= 15 is 0 Å². The molecule has 10 aromatic carbocycles. The van der Waals surface area contributed by atoms with E-state index in [9.17, 15) is 20.2 Å². The predicted molar refractivity (Wildman–Crippen MR) is 348 cm³/mol. The Labute approximate surface area is 496 Å². The van der Waals surface area contributed by atoms with Crippen LogP contribution in [0.3, 0.4) is 0 Å². The summed E-state index contributed by atoms with van der Waals surface area (Å²) in [4.78, 5) is 20.0. The molecule has 17 nitrogen and oxygen atoms in total. The lowest BCUT2D eigenvalue weighted by Gasteiger charge is -2.05. The summed E-state index contributed by atoms with van der Waals surface area (Å²) in [5, 5.41) is 48.3. The van der Waals surface area contributed by atoms with Gasteiger partial charge in [-0.25, -0.2) is 0 Å². The van der Waals surface area contributed by atoms with Gasteiger partial charge in [0.15, 0.2) is 0 Å². The smallest absolute Gasteiger partial charge is 0.594 e. The number of anilines is 2. The Morgan fingerprint density at radius 1 is 0.410 bits per heavy atom. The molecule has 436 valence electrons. The normalized spacial score (nSPS) is 9.00. The lowest BCUT2D eigenvalue weighted by Crippen LogP contribution is -1.98. The lowest BCUT2D eigenvalue weighted by atomic mass is 10.2. The summed E-state index contributed by atoms with van der Waals surface area (Å²) >= 11 is 0. The number of nitrogens with zero attached hydrogens (tertiary/aromatic N) is 6. The Hall–Kier alpha value is -10.4. The largest absolute Gasteiger partial charge is 1.00 e. The number of nitrogens with one attached hydrogen (secondary N) is 1. The molecule has 0 atom stereocenters. The fourth-order valence-corrected chi connectivity index (χ4v) is 5.75. The number of nitrogens with two attached hydrogens (primary N) is 1. The zero-order valence-corrected chi connectivity index (χ0v) is 47.1. The average Bonchev–Trinajstić information content (AvgIpc) is 3.65. The first-order valence-corrected chi connectivity index (χ1v) is 25.5. The number of aliphatic hydroxyl groups is 1. The number of rotatable bonds is 10. The van der Waals surface area contributed by atoms with E-state index in [1.807, 2.05) is 204 Å². The highest BCUT2D eigenvalue weighted by Crippen LogP contribution is 2.18. The van der Waals surface area contributed by atoms with Crippen molar-refractivity contribution in [3.8, 4) is 0 Å². The summed E-state index contributed by atoms with van der Waals surface area (Å²) in [5.41, 5.74) is 13.1. The van der Waals surface area contributed by atoms with Crippen LogP contribution in [-0.4, -0.2) is 36.8 Å². The monoisotopic (exact) mass is 1130 g/mol. The quantitative estimate of drug-likeness (QED) is 0.0296. The third-order valence-electron chi connectivity index (χ3n) is 9.50. The van der Waals surface area contributed by atoms with Gasteiger partial charge < -0.3 is 43.3 Å². The van der Waals surface area contributed by atoms with Crippen molar-refractivity contribution in [1.29, 1.82) is 0 Å². The summed E-state index contributed by atoms with van der Waals surface area (Å²) < 4.78 is 0. The number of hydrogen-bond donors (Lipinski definition) is 3. The van der Waals surface area contributed by atoms with Crippen LogP contribution in [0, 0.1) is 20.2 Å². The Kier molecular flexibility index (Phi) is 48.4. The van der Waals surface area contributed by atoms with Gasteiger partial charge >= 0.3 is 8.56 Å². The van der Waals surface area contributed by atoms with Crippen molar-refractivity contribution in [2.75, 3.05) is 11.1 Å². The molecule has 0 spiro atoms. The van der Waals surface area contributed by atoms with Gasteiger partial charge in [0.1, 0.15) is 11.4 Å². The zero-order chi connectivity index (χ0) is 57.2. The van der Waals surface area contributed by atoms with Crippen LogP contribution in [0.4, 0.5) is 45.5 Å². The number of benzene rings is 10. The second-order valence-corrected chi connectivity index (χ2v) is 15.2. The molecule has 83 heavy (non-hydrogen) atoms. The Morgan fingerprint density at radius 3 is 0.988 bits per heavy atom. The molecule has 0 radical (unpaired) electrons. The molecule has 12 N–H and O–H groups in total. The molecule has 0 unspecified atom stereocenters. The van der Waals surface area contributed by atoms with Gasteiger partial charge in [-0.3, -0.25) is 10.1 Å². The standard InChI is InChI=1S/C13H13N.C12H10N2O.C12H10N2.C7H8O.C6H5NO2.C6H5NO.C6H7N.2C2H6.4H2O/c1-3-7-12(8-4-1)11-14-13-9-5-2-6-10-13;15-14(12-9-5-2-6-10-12)13-11-7-3-1-4-8-11;1-3-7-11(8-4-1)13-14-12-9-5-2-6-10-12;8-6-7-4-2-1-3-5-7;8-7(9)6-4-2-1-3-5-6;8-7-6-4-2-1-3-5-6;7-6-4-2-1-3-5-6;2*1-2;;;;/h1-10,14H,11H2;1-10H;1-10H;1-5,8H,6H2;1-5H;1-5H;1-5H,7H2;2*1-2H3;4*1H2/p+6. The number of para-hydroxylation sites is 4. The number of non-ortho nitro benzene ring substituents is 1. The van der Waals surface area contributed by atoms with Crippen LogP contribution < -0.4 is 11.1 Å². The maximum atomic E-state index is 11.6. The molecule has 10 aromatic rings. The maximum Gasteiger partial charge on any atom is 1.00 e. The van der Waals surface area contributed by atoms with E-state index in [1.54, 1.807) is 78.9 Å². The number of nitro groups is 1. The first-order chi connectivity index (χ1) is 38.8. The fraction of sp³-hybridized carbons (Fsp3) is 0.0909. The average molecular weight is 1130 g/mol. The second kappa shape index (κ2) is 52.3. The van der Waals surface area contributed by atoms with Gasteiger partial charge in [-0.2, -0.15) is 10.2 Å². The van der Waals surface area contributed by atoms with Crippen molar-refractivity contribution in [3.05, 3.63) is 335 Å². The fourth-order valence-electron chi connectivity index (χ4n) is 5.75. The summed E-state index contributed by atoms with van der Waals surface area (Å²) in [7, 11) is 0. The Bertz CT molecular complexity index is 3010. The molecule has 0 fully saturated rings. The first-order valence-electron chi connectivity index (χ1n) is 25.5. The minimum atomic E-state index is -0.417. The molecule has 0 aliphatic rings. The number of nitrogen functional groups attached to an aromatic ring is 1. The summed E-state index contributed by atoms with van der Waals surface area (Å²) in [6.45, 7) is 9.02. The van der Waals surface area contributed by atoms with E-state index in [4.69, 9.17) is 10.8 Å². The van der Waals surface area contributed by atoms with Crippen molar-refractivity contribution >= 4 is 45.5 Å². The number of nitroso groups, excluding NO2 is 1. The van der Waals surface area contributed by atoms with Gasteiger partial charge in [0.05, 0.1) is 22.9 Å². The molecule has 17 heteroatoms. The minimum Gasteiger partial charge on any atom is -0.594 e. The molecular weight excluding hydrogens is 1050 g/mol. The van der Waals surface area contributed by atoms with Crippen LogP contribution in [0.5, 0.6) is 0 Å². The molecule has 0 aliphatic heterocycles. The highest BCUT2D eigenvalue weighted by atomic mass is 16.6. The van der Waals surface area contributed by atoms with Gasteiger partial charge in [-0.05, 0) is 89.1 Å². The molecule has 0 heterocycles.